The first kappa shape index (κ1) is 25.4. The summed E-state index contributed by atoms with van der Waals surface area (Å²) in [5, 5.41) is 29.8. The van der Waals surface area contributed by atoms with Crippen LogP contribution in [-0.2, 0) is 19.5 Å². The number of aromatic nitrogens is 5. The van der Waals surface area contributed by atoms with E-state index in [1.165, 1.54) is 23.0 Å². The molecular weight excluding hydrogens is 514 g/mol. The number of fused-ring (bicyclic) bond motifs is 3. The van der Waals surface area contributed by atoms with Gasteiger partial charge in [0.2, 0.25) is 0 Å². The van der Waals surface area contributed by atoms with Gasteiger partial charge in [-0.05, 0) is 46.9 Å². The monoisotopic (exact) mass is 545 g/mol. The van der Waals surface area contributed by atoms with Crippen molar-refractivity contribution in [3.63, 3.8) is 0 Å². The predicted octanol–water partition coefficient (Wildman–Crippen LogP) is 3.75. The van der Waals surface area contributed by atoms with E-state index in [0.29, 0.717) is 18.9 Å². The van der Waals surface area contributed by atoms with E-state index in [1.807, 2.05) is 27.4 Å². The molecule has 206 valence electrons. The van der Waals surface area contributed by atoms with Gasteiger partial charge in [0.25, 0.3) is 0 Å². The molecule has 0 bridgehead atoms. The average molecular weight is 546 g/mol. The molecule has 41 heavy (non-hydrogen) atoms. The van der Waals surface area contributed by atoms with Crippen LogP contribution >= 0.6 is 0 Å². The van der Waals surface area contributed by atoms with E-state index < -0.39 is 6.10 Å². The van der Waals surface area contributed by atoms with Gasteiger partial charge in [0.1, 0.15) is 11.8 Å². The van der Waals surface area contributed by atoms with E-state index in [-0.39, 0.29) is 6.61 Å². The highest BCUT2D eigenvalue weighted by Gasteiger charge is 2.21. The van der Waals surface area contributed by atoms with Crippen molar-refractivity contribution in [3.05, 3.63) is 102 Å². The van der Waals surface area contributed by atoms with Gasteiger partial charge < -0.3 is 15.9 Å². The van der Waals surface area contributed by atoms with E-state index in [0.717, 1.165) is 58.3 Å². The molecule has 0 fully saturated rings. The van der Waals surface area contributed by atoms with Crippen molar-refractivity contribution in [2.75, 3.05) is 25.4 Å². The predicted molar refractivity (Wildman–Crippen MR) is 159 cm³/mol. The summed E-state index contributed by atoms with van der Waals surface area (Å²) < 4.78 is 3.84. The summed E-state index contributed by atoms with van der Waals surface area (Å²) in [7, 11) is 0. The molecule has 1 unspecified atom stereocenters. The number of nitrogens with two attached hydrogens (primary N) is 1. The molecule has 9 nitrogen and oxygen atoms in total. The molecule has 0 radical (unpaired) electrons. The number of nitrogen functional groups attached to an aromatic ring is 1. The summed E-state index contributed by atoms with van der Waals surface area (Å²) in [5.41, 5.74) is 15.7. The zero-order chi connectivity index (χ0) is 27.9. The van der Waals surface area contributed by atoms with Gasteiger partial charge in [-0.1, -0.05) is 54.6 Å². The summed E-state index contributed by atoms with van der Waals surface area (Å²) in [5.74, 6) is 0.415. The minimum absolute atomic E-state index is 0.234. The maximum atomic E-state index is 9.95. The molecule has 0 spiro atoms. The molecule has 0 aliphatic carbocycles. The molecule has 0 saturated heterocycles. The number of β-amino-alcohol motifs (C(OH)–C–C–N with tert-alkyl or cyclic N) is 1. The van der Waals surface area contributed by atoms with Gasteiger partial charge in [-0.2, -0.15) is 10.2 Å². The van der Waals surface area contributed by atoms with Crippen LogP contribution in [-0.4, -0.2) is 65.3 Å². The molecule has 4 heterocycles. The fraction of sp³-hybridized carbons (Fsp3) is 0.219. The Labute approximate surface area is 237 Å². The highest BCUT2D eigenvalue weighted by Crippen LogP contribution is 2.36. The number of nitrogens with zero attached hydrogens (tertiary/aromatic N) is 6. The summed E-state index contributed by atoms with van der Waals surface area (Å²) in [6.45, 7) is 2.50. The molecule has 1 aliphatic heterocycles. The lowest BCUT2D eigenvalue weighted by atomic mass is 9.96. The van der Waals surface area contributed by atoms with E-state index in [2.05, 4.69) is 75.8 Å². The van der Waals surface area contributed by atoms with Crippen LogP contribution in [0, 0.1) is 0 Å². The molecule has 1 atom stereocenters. The number of hydrogen-bond acceptors (Lipinski definition) is 7. The third-order valence-electron chi connectivity index (χ3n) is 7.91. The Bertz CT molecular complexity index is 1860. The number of anilines is 1. The molecule has 4 N–H and O–H groups in total. The Morgan fingerprint density at radius 2 is 1.80 bits per heavy atom. The smallest absolute Gasteiger partial charge is 0.152 e. The van der Waals surface area contributed by atoms with Crippen LogP contribution in [0.4, 0.5) is 5.82 Å². The number of aliphatic hydroxyl groups excluding tert-OH is 2. The highest BCUT2D eigenvalue weighted by atomic mass is 16.3. The quantitative estimate of drug-likeness (QED) is 0.280. The Kier molecular flexibility index (Phi) is 6.47. The minimum Gasteiger partial charge on any atom is -0.394 e. The molecule has 3 aromatic heterocycles. The van der Waals surface area contributed by atoms with Crippen LogP contribution in [0.1, 0.15) is 16.7 Å². The van der Waals surface area contributed by atoms with Crippen molar-refractivity contribution in [2.24, 2.45) is 0 Å². The largest absolute Gasteiger partial charge is 0.394 e. The summed E-state index contributed by atoms with van der Waals surface area (Å²) in [4.78, 5) is 6.49. The molecule has 1 aliphatic rings. The molecule has 6 aromatic rings. The van der Waals surface area contributed by atoms with Crippen molar-refractivity contribution < 1.29 is 10.2 Å². The van der Waals surface area contributed by atoms with Gasteiger partial charge >= 0.3 is 0 Å². The second-order valence-electron chi connectivity index (χ2n) is 10.7. The van der Waals surface area contributed by atoms with Crippen molar-refractivity contribution in [2.45, 2.75) is 25.6 Å². The van der Waals surface area contributed by atoms with Crippen LogP contribution in [0.2, 0.25) is 0 Å². The Morgan fingerprint density at radius 3 is 2.66 bits per heavy atom. The second-order valence-corrected chi connectivity index (χ2v) is 10.7. The molecule has 3 aromatic carbocycles. The van der Waals surface area contributed by atoms with Gasteiger partial charge in [0.05, 0.1) is 30.5 Å². The summed E-state index contributed by atoms with van der Waals surface area (Å²) in [6.07, 6.45) is 3.72. The van der Waals surface area contributed by atoms with Gasteiger partial charge in [-0.3, -0.25) is 9.58 Å². The molecule has 0 saturated carbocycles. The summed E-state index contributed by atoms with van der Waals surface area (Å²) >= 11 is 0. The van der Waals surface area contributed by atoms with Crippen LogP contribution in [0.15, 0.2) is 85.3 Å². The zero-order valence-electron chi connectivity index (χ0n) is 22.6. The van der Waals surface area contributed by atoms with E-state index >= 15 is 0 Å². The third-order valence-corrected chi connectivity index (χ3v) is 7.91. The molecule has 9 heteroatoms. The first-order valence-corrected chi connectivity index (χ1v) is 13.8. The van der Waals surface area contributed by atoms with Crippen molar-refractivity contribution in [1.82, 2.24) is 29.3 Å². The number of hydrogen-bond donors (Lipinski definition) is 3. The van der Waals surface area contributed by atoms with Gasteiger partial charge in [-0.25, -0.2) is 9.50 Å². The Balaban J connectivity index is 1.27. The Hall–Kier alpha value is -4.57. The van der Waals surface area contributed by atoms with Gasteiger partial charge in [0.15, 0.2) is 5.82 Å². The van der Waals surface area contributed by atoms with E-state index in [1.54, 1.807) is 0 Å². The zero-order valence-corrected chi connectivity index (χ0v) is 22.6. The molecular formula is C32H31N7O2. The topological polar surface area (TPSA) is 118 Å². The Morgan fingerprint density at radius 1 is 0.951 bits per heavy atom. The lowest BCUT2D eigenvalue weighted by Gasteiger charge is -2.30. The summed E-state index contributed by atoms with van der Waals surface area (Å²) in [6, 6.07) is 25.2. The standard InChI is InChI=1S/C32H31N7O2/c33-32-31-28(23-7-9-25-17-38(36-29(25)13-23)15-21-4-2-1-3-5-21)14-30(39(31)35-20-34-32)24-8-6-22-10-11-37(16-26(22)12-24)18-27(41)19-40/h1-9,12-14,17,20,27,40-41H,10-11,15-16,18-19H2,(H2,33,34,35). The number of aliphatic hydroxyl groups is 2. The van der Waals surface area contributed by atoms with Crippen LogP contribution in [0.25, 0.3) is 38.8 Å². The van der Waals surface area contributed by atoms with Crippen molar-refractivity contribution in [3.8, 4) is 22.4 Å². The fourth-order valence-corrected chi connectivity index (χ4v) is 5.87. The fourth-order valence-electron chi connectivity index (χ4n) is 5.87. The minimum atomic E-state index is -0.737. The SMILES string of the molecule is Nc1ncnn2c(-c3ccc4c(c3)CN(CC(O)CO)CC4)cc(-c3ccc4cn(Cc5ccccc5)nc4c3)c12. The molecule has 0 amide bonds. The van der Waals surface area contributed by atoms with E-state index in [4.69, 9.17) is 10.8 Å². The van der Waals surface area contributed by atoms with Crippen molar-refractivity contribution >= 4 is 22.2 Å². The van der Waals surface area contributed by atoms with Crippen LogP contribution < -0.4 is 5.73 Å². The first-order valence-electron chi connectivity index (χ1n) is 13.8. The average Bonchev–Trinajstić information content (AvgIpc) is 3.58. The third kappa shape index (κ3) is 4.84. The normalized spacial score (nSPS) is 14.5. The van der Waals surface area contributed by atoms with Crippen molar-refractivity contribution in [1.29, 1.82) is 0 Å². The number of rotatable bonds is 7. The van der Waals surface area contributed by atoms with Crippen LogP contribution in [0.5, 0.6) is 0 Å². The highest BCUT2D eigenvalue weighted by molar-refractivity contribution is 5.95. The second kappa shape index (κ2) is 10.4. The van der Waals surface area contributed by atoms with E-state index in [9.17, 15) is 10.2 Å². The number of benzene rings is 3. The maximum Gasteiger partial charge on any atom is 0.152 e. The van der Waals surface area contributed by atoms with Crippen LogP contribution in [0.3, 0.4) is 0 Å². The first-order chi connectivity index (χ1) is 20.1. The van der Waals surface area contributed by atoms with Gasteiger partial charge in [-0.15, -0.1) is 0 Å². The maximum absolute atomic E-state index is 9.95. The lowest BCUT2D eigenvalue weighted by Crippen LogP contribution is -2.37. The lowest BCUT2D eigenvalue weighted by molar-refractivity contribution is 0.0551. The molecule has 7 rings (SSSR count). The van der Waals surface area contributed by atoms with Gasteiger partial charge in [0, 0.05) is 42.3 Å².